The summed E-state index contributed by atoms with van der Waals surface area (Å²) < 4.78 is 131. The first-order valence-corrected chi connectivity index (χ1v) is 23.9. The van der Waals surface area contributed by atoms with E-state index in [9.17, 15) is 38.9 Å². The van der Waals surface area contributed by atoms with Gasteiger partial charge < -0.3 is 18.6 Å². The van der Waals surface area contributed by atoms with E-state index in [0.29, 0.717) is 52.0 Å². The molecule has 0 fully saturated rings. The molecule has 24 heteroatoms. The molecule has 2 aliphatic rings. The summed E-state index contributed by atoms with van der Waals surface area (Å²) in [7, 11) is -16.5. The van der Waals surface area contributed by atoms with Crippen LogP contribution in [0.25, 0.3) is 10.8 Å². The number of halogens is 2. The molecule has 15 nitrogen and oxygen atoms in total. The first-order valence-electron chi connectivity index (χ1n) is 17.2. The number of benzene rings is 2. The molecular weight excluding hydrogens is 979 g/mol. The minimum Gasteiger partial charge on any atom is -0.752 e. The molecule has 2 aliphatic heterocycles. The molecule has 0 aliphatic carbocycles. The first-order chi connectivity index (χ1) is 26.2. The summed E-state index contributed by atoms with van der Waals surface area (Å²) in [5, 5.41) is 1.68. The number of hydrogen-bond acceptors (Lipinski definition) is 14. The number of hydrogen-bond donors (Lipinski definition) is 0. The van der Waals surface area contributed by atoms with E-state index in [1.165, 1.54) is 6.07 Å². The molecule has 310 valence electrons. The molecule has 2 aromatic carbocycles. The second-order valence-corrected chi connectivity index (χ2v) is 20.5. The van der Waals surface area contributed by atoms with Crippen LogP contribution in [0.5, 0.6) is 0 Å². The van der Waals surface area contributed by atoms with Crippen molar-refractivity contribution in [2.24, 2.45) is 4.99 Å². The van der Waals surface area contributed by atoms with Crippen molar-refractivity contribution in [3.63, 3.8) is 0 Å². The Bertz CT molecular complexity index is 2670. The second-order valence-electron chi connectivity index (χ2n) is 14.3. The molecule has 3 heterocycles. The number of unbranched alkanes of at least 4 members (excludes halogenated alkanes) is 2. The summed E-state index contributed by atoms with van der Waals surface area (Å²) in [4.78, 5) is 6.53. The van der Waals surface area contributed by atoms with Crippen molar-refractivity contribution in [3.05, 3.63) is 93.2 Å². The van der Waals surface area contributed by atoms with Gasteiger partial charge in [-0.25, -0.2) is 29.8 Å². The molecule has 3 aromatic rings. The van der Waals surface area contributed by atoms with Gasteiger partial charge in [0.2, 0.25) is 0 Å². The Morgan fingerprint density at radius 1 is 0.917 bits per heavy atom. The summed E-state index contributed by atoms with van der Waals surface area (Å²) in [6.07, 6.45) is 10.4. The molecule has 5 rings (SSSR count). The molecule has 0 bridgehead atoms. The number of aryl methyl sites for hydroxylation is 1. The van der Waals surface area contributed by atoms with Crippen LogP contribution in [0.3, 0.4) is 0 Å². The maximum Gasteiger partial charge on any atom is 1.00 e. The Balaban J connectivity index is 0.00000246. The molecule has 60 heavy (non-hydrogen) atoms. The van der Waals surface area contributed by atoms with Gasteiger partial charge in [-0.3, -0.25) is 0 Å². The van der Waals surface area contributed by atoms with Crippen LogP contribution in [0, 0.1) is 6.07 Å². The van der Waals surface area contributed by atoms with Crippen LogP contribution in [0.15, 0.2) is 80.9 Å². The second kappa shape index (κ2) is 23.2. The monoisotopic (exact) mass is 1010 g/mol. The Labute approximate surface area is 432 Å². The summed E-state index contributed by atoms with van der Waals surface area (Å²) in [6, 6.07) is 11.0. The van der Waals surface area contributed by atoms with Crippen LogP contribution in [0.2, 0.25) is 5.02 Å². The molecule has 0 amide bonds. The maximum absolute atomic E-state index is 11.9. The van der Waals surface area contributed by atoms with Crippen LogP contribution in [-0.4, -0.2) is 75.3 Å². The number of aromatic nitrogens is 1. The Morgan fingerprint density at radius 3 is 2.07 bits per heavy atom. The third kappa shape index (κ3) is 15.4. The predicted molar refractivity (Wildman–Crippen MR) is 214 cm³/mol. The van der Waals surface area contributed by atoms with E-state index in [1.807, 2.05) is 73.6 Å². The van der Waals surface area contributed by atoms with Gasteiger partial charge in [-0.15, -0.1) is 47.7 Å². The van der Waals surface area contributed by atoms with Gasteiger partial charge >= 0.3 is 105 Å². The van der Waals surface area contributed by atoms with Gasteiger partial charge in [-0.05, 0) is 85.4 Å². The van der Waals surface area contributed by atoms with E-state index < -0.39 is 68.2 Å². The number of aliphatic imine (C=N–C) groups is 1. The summed E-state index contributed by atoms with van der Waals surface area (Å²) in [5.74, 6) is -0.245. The smallest absolute Gasteiger partial charge is 0.752 e. The van der Waals surface area contributed by atoms with Crippen LogP contribution >= 0.6 is 27.5 Å². The zero-order valence-corrected chi connectivity index (χ0v) is 45.7. The van der Waals surface area contributed by atoms with Gasteiger partial charge in [0.1, 0.15) is 6.20 Å². The average Bonchev–Trinajstić information content (AvgIpc) is 3.45. The van der Waals surface area contributed by atoms with Crippen LogP contribution in [0.4, 0.5) is 11.5 Å². The van der Waals surface area contributed by atoms with Crippen molar-refractivity contribution in [3.8, 4) is 0 Å². The fourth-order valence-electron chi connectivity index (χ4n) is 6.86. The van der Waals surface area contributed by atoms with Crippen LogP contribution in [-0.2, 0) is 58.3 Å². The number of rotatable bonds is 14. The van der Waals surface area contributed by atoms with E-state index in [2.05, 4.69) is 22.0 Å². The third-order valence-electron chi connectivity index (χ3n) is 9.50. The summed E-state index contributed by atoms with van der Waals surface area (Å²) in [5.41, 5.74) is 2.76. The fraction of sp³-hybridized carbons (Fsp3) is 0.389. The first kappa shape index (κ1) is 57.7. The predicted octanol–water partition coefficient (Wildman–Crippen LogP) is -3.98. The molecule has 0 radical (unpaired) electrons. The van der Waals surface area contributed by atoms with Crippen molar-refractivity contribution in [2.45, 2.75) is 75.6 Å². The van der Waals surface area contributed by atoms with Gasteiger partial charge in [0.15, 0.2) is 5.71 Å². The molecule has 0 saturated carbocycles. The van der Waals surface area contributed by atoms with Crippen LogP contribution in [0.1, 0.15) is 64.5 Å². The summed E-state index contributed by atoms with van der Waals surface area (Å²) in [6.45, 7) is 8.78. The van der Waals surface area contributed by atoms with Crippen molar-refractivity contribution in [1.82, 2.24) is 0 Å². The molecule has 0 saturated heterocycles. The standard InChI is InChI=1S/C36H41BrClN3O9S3.3Na.O3S/c1-35(2)29-21-26(38)23-40(17-5-7-19-51(42,43)44)34(29)39-31(35)15-11-25(37)12-16-32-36(3,4)33-28-22-27(53(48,49)50)13-9-24(28)10-14-30(33)41(32)18-6-8-20-52(45,46)47;;;;1-4(2)3/h10-16,21-23H,5-8,17-20H2,1-4H3,(H,42,43,44)(H,45,46,47)(H,48,49,50);;;;/q;3*+1;/p-3. The zero-order chi connectivity index (χ0) is 42.7. The molecule has 0 unspecified atom stereocenters. The van der Waals surface area contributed by atoms with Gasteiger partial charge in [-0.1, -0.05) is 47.4 Å². The number of allylic oxidation sites excluding steroid dienone is 6. The Hall–Kier alpha value is -0.340. The van der Waals surface area contributed by atoms with Crippen molar-refractivity contribution in [2.75, 3.05) is 23.0 Å². The molecular formula is C36H38BrClN3Na3O12S4. The van der Waals surface area contributed by atoms with Crippen molar-refractivity contribution in [1.29, 1.82) is 0 Å². The van der Waals surface area contributed by atoms with E-state index in [4.69, 9.17) is 29.2 Å². The number of fused-ring (bicyclic) bond motifs is 4. The summed E-state index contributed by atoms with van der Waals surface area (Å²) >= 11 is 10.1. The van der Waals surface area contributed by atoms with Crippen molar-refractivity contribution >= 4 is 96.5 Å². The normalized spacial score (nSPS) is 16.2. The topological polar surface area (TPSA) is 242 Å². The number of nitrogens with zero attached hydrogens (tertiary/aromatic N) is 3. The quantitative estimate of drug-likeness (QED) is 0.0375. The van der Waals surface area contributed by atoms with E-state index in [1.54, 1.807) is 12.3 Å². The van der Waals surface area contributed by atoms with Crippen LogP contribution < -0.4 is 98.1 Å². The molecule has 1 aromatic heterocycles. The SMILES string of the molecule is CC1(C)C(C=CC(Br)=CC=C2N(CCCCS(=O)(=O)[O-])c3ccc4[c-]cc(S(=O)(=O)[O-])cc4c3C2(C)C)=Nc2c1cc(Cl)c[n+]2CCCCS(=O)(=O)[O-].O=S(=O)=O.[Na+].[Na+].[Na+]. The number of anilines is 1. The van der Waals surface area contributed by atoms with E-state index in [-0.39, 0.29) is 102 Å². The molecule has 0 N–H and O–H groups in total. The number of pyridine rings is 1. The third-order valence-corrected chi connectivity index (χ3v) is 12.6. The van der Waals surface area contributed by atoms with Gasteiger partial charge in [0.05, 0.1) is 52.9 Å². The van der Waals surface area contributed by atoms with Gasteiger partial charge in [0.25, 0.3) is 0 Å². The van der Waals surface area contributed by atoms with Crippen molar-refractivity contribution < 1.29 is 145 Å². The molecule has 0 atom stereocenters. The Kier molecular flexibility index (Phi) is 22.3. The van der Waals surface area contributed by atoms with E-state index in [0.717, 1.165) is 34.3 Å². The average molecular weight is 1020 g/mol. The minimum absolute atomic E-state index is 0. The Morgan fingerprint density at radius 2 is 1.50 bits per heavy atom. The largest absolute Gasteiger partial charge is 1.00 e. The van der Waals surface area contributed by atoms with Gasteiger partial charge in [0, 0.05) is 39.3 Å². The van der Waals surface area contributed by atoms with Gasteiger partial charge in [-0.2, -0.15) is 0 Å². The van der Waals surface area contributed by atoms with E-state index >= 15 is 0 Å². The fourth-order valence-corrected chi connectivity index (χ4v) is 8.93. The molecule has 0 spiro atoms. The zero-order valence-electron chi connectivity index (χ0n) is 34.1. The minimum atomic E-state index is -4.75. The maximum atomic E-state index is 11.9.